The summed E-state index contributed by atoms with van der Waals surface area (Å²) in [5.41, 5.74) is 5.70. The van der Waals surface area contributed by atoms with Crippen LogP contribution in [0.5, 0.6) is 0 Å². The summed E-state index contributed by atoms with van der Waals surface area (Å²) in [5.74, 6) is -0.168. The van der Waals surface area contributed by atoms with Crippen LogP contribution < -0.4 is 5.73 Å². The summed E-state index contributed by atoms with van der Waals surface area (Å²) in [4.78, 5) is 13.9. The largest absolute Gasteiger partial charge is 0.345 e. The van der Waals surface area contributed by atoms with Gasteiger partial charge in [-0.15, -0.1) is 0 Å². The van der Waals surface area contributed by atoms with Gasteiger partial charge in [-0.05, 0) is 31.0 Å². The molecule has 0 aromatic heterocycles. The SMILES string of the molecule is CN(CCc1ccccc1F)C(=O)C(C)(C)CCN. The van der Waals surface area contributed by atoms with Crippen LogP contribution in [0.1, 0.15) is 25.8 Å². The number of halogens is 1. The summed E-state index contributed by atoms with van der Waals surface area (Å²) in [6.07, 6.45) is 1.17. The predicted octanol–water partition coefficient (Wildman–Crippen LogP) is 2.20. The van der Waals surface area contributed by atoms with Crippen molar-refractivity contribution in [1.82, 2.24) is 4.90 Å². The summed E-state index contributed by atoms with van der Waals surface area (Å²) in [6.45, 7) is 4.78. The second-order valence-electron chi connectivity index (χ2n) is 5.49. The van der Waals surface area contributed by atoms with Crippen molar-refractivity contribution < 1.29 is 9.18 Å². The van der Waals surface area contributed by atoms with E-state index in [1.807, 2.05) is 13.8 Å². The molecule has 1 aromatic rings. The van der Waals surface area contributed by atoms with Gasteiger partial charge in [0.15, 0.2) is 0 Å². The van der Waals surface area contributed by atoms with Gasteiger partial charge in [0.1, 0.15) is 5.82 Å². The third-order valence-electron chi connectivity index (χ3n) is 3.37. The Morgan fingerprint density at radius 3 is 2.58 bits per heavy atom. The highest BCUT2D eigenvalue weighted by Gasteiger charge is 2.29. The highest BCUT2D eigenvalue weighted by molar-refractivity contribution is 5.81. The number of carbonyl (C=O) groups excluding carboxylic acids is 1. The third-order valence-corrected chi connectivity index (χ3v) is 3.37. The highest BCUT2D eigenvalue weighted by Crippen LogP contribution is 2.22. The van der Waals surface area contributed by atoms with E-state index in [1.165, 1.54) is 6.07 Å². The fourth-order valence-electron chi connectivity index (χ4n) is 2.08. The van der Waals surface area contributed by atoms with E-state index in [-0.39, 0.29) is 11.7 Å². The van der Waals surface area contributed by atoms with Crippen molar-refractivity contribution in [3.63, 3.8) is 0 Å². The molecule has 2 N–H and O–H groups in total. The number of nitrogens with zero attached hydrogens (tertiary/aromatic N) is 1. The lowest BCUT2D eigenvalue weighted by Crippen LogP contribution is -2.40. The van der Waals surface area contributed by atoms with Crippen molar-refractivity contribution in [2.24, 2.45) is 11.1 Å². The molecule has 0 radical (unpaired) electrons. The lowest BCUT2D eigenvalue weighted by atomic mass is 9.87. The van der Waals surface area contributed by atoms with Gasteiger partial charge in [-0.1, -0.05) is 32.0 Å². The van der Waals surface area contributed by atoms with E-state index in [9.17, 15) is 9.18 Å². The first kappa shape index (κ1) is 15.6. The molecule has 0 heterocycles. The van der Waals surface area contributed by atoms with Crippen molar-refractivity contribution in [2.45, 2.75) is 26.7 Å². The zero-order chi connectivity index (χ0) is 14.5. The average Bonchev–Trinajstić information content (AvgIpc) is 2.36. The molecule has 1 rings (SSSR count). The molecule has 0 aliphatic heterocycles. The van der Waals surface area contributed by atoms with Gasteiger partial charge in [0, 0.05) is 19.0 Å². The van der Waals surface area contributed by atoms with Crippen LogP contribution in [-0.4, -0.2) is 30.9 Å². The quantitative estimate of drug-likeness (QED) is 0.858. The summed E-state index contributed by atoms with van der Waals surface area (Å²) >= 11 is 0. The van der Waals surface area contributed by atoms with E-state index in [4.69, 9.17) is 5.73 Å². The molecule has 106 valence electrons. The van der Waals surface area contributed by atoms with Gasteiger partial charge in [0.2, 0.25) is 5.91 Å². The van der Waals surface area contributed by atoms with Crippen molar-refractivity contribution in [3.8, 4) is 0 Å². The topological polar surface area (TPSA) is 46.3 Å². The van der Waals surface area contributed by atoms with Crippen molar-refractivity contribution in [1.29, 1.82) is 0 Å². The predicted molar refractivity (Wildman–Crippen MR) is 75.2 cm³/mol. The lowest BCUT2D eigenvalue weighted by Gasteiger charge is -2.29. The van der Waals surface area contributed by atoms with Crippen LogP contribution in [0.25, 0.3) is 0 Å². The number of carbonyl (C=O) groups is 1. The Bertz CT molecular complexity index is 432. The van der Waals surface area contributed by atoms with Gasteiger partial charge >= 0.3 is 0 Å². The van der Waals surface area contributed by atoms with Crippen LogP contribution >= 0.6 is 0 Å². The molecule has 0 aliphatic carbocycles. The maximum absolute atomic E-state index is 13.5. The summed E-state index contributed by atoms with van der Waals surface area (Å²) < 4.78 is 13.5. The van der Waals surface area contributed by atoms with Crippen LogP contribution in [0.3, 0.4) is 0 Å². The second-order valence-corrected chi connectivity index (χ2v) is 5.49. The molecule has 0 saturated heterocycles. The van der Waals surface area contributed by atoms with E-state index in [0.717, 1.165) is 0 Å². The lowest BCUT2D eigenvalue weighted by molar-refractivity contribution is -0.139. The van der Waals surface area contributed by atoms with Gasteiger partial charge in [0.05, 0.1) is 0 Å². The van der Waals surface area contributed by atoms with Crippen LogP contribution in [0.15, 0.2) is 24.3 Å². The van der Waals surface area contributed by atoms with Crippen LogP contribution in [0.4, 0.5) is 4.39 Å². The molecular weight excluding hydrogens is 243 g/mol. The molecule has 0 spiro atoms. The maximum atomic E-state index is 13.5. The molecule has 0 fully saturated rings. The van der Waals surface area contributed by atoms with Gasteiger partial charge in [0.25, 0.3) is 0 Å². The maximum Gasteiger partial charge on any atom is 0.228 e. The monoisotopic (exact) mass is 266 g/mol. The minimum Gasteiger partial charge on any atom is -0.345 e. The van der Waals surface area contributed by atoms with E-state index in [2.05, 4.69) is 0 Å². The van der Waals surface area contributed by atoms with E-state index < -0.39 is 5.41 Å². The number of nitrogens with two attached hydrogens (primary N) is 1. The van der Waals surface area contributed by atoms with Gasteiger partial charge < -0.3 is 10.6 Å². The van der Waals surface area contributed by atoms with Crippen LogP contribution in [0.2, 0.25) is 0 Å². The molecule has 1 aromatic carbocycles. The molecule has 0 saturated carbocycles. The van der Waals surface area contributed by atoms with Gasteiger partial charge in [-0.3, -0.25) is 4.79 Å². The number of hydrogen-bond acceptors (Lipinski definition) is 2. The van der Waals surface area contributed by atoms with Crippen LogP contribution in [-0.2, 0) is 11.2 Å². The normalized spacial score (nSPS) is 11.4. The van der Waals surface area contributed by atoms with E-state index in [0.29, 0.717) is 31.5 Å². The minimum absolute atomic E-state index is 0.0503. The molecule has 0 unspecified atom stereocenters. The standard InChI is InChI=1S/C15H23FN2O/c1-15(2,9-10-17)14(19)18(3)11-8-12-6-4-5-7-13(12)16/h4-7H,8-11,17H2,1-3H3. The van der Waals surface area contributed by atoms with E-state index in [1.54, 1.807) is 30.1 Å². The Hall–Kier alpha value is -1.42. The average molecular weight is 266 g/mol. The molecule has 19 heavy (non-hydrogen) atoms. The summed E-state index contributed by atoms with van der Waals surface area (Å²) in [6, 6.07) is 6.66. The van der Waals surface area contributed by atoms with Crippen molar-refractivity contribution >= 4 is 5.91 Å². The summed E-state index contributed by atoms with van der Waals surface area (Å²) in [7, 11) is 1.75. The first-order chi connectivity index (χ1) is 8.88. The third kappa shape index (κ3) is 4.31. The molecule has 0 bridgehead atoms. The Balaban J connectivity index is 2.58. The Labute approximate surface area is 114 Å². The number of hydrogen-bond donors (Lipinski definition) is 1. The first-order valence-corrected chi connectivity index (χ1v) is 6.57. The number of likely N-dealkylation sites (N-methyl/N-ethyl adjacent to an activating group) is 1. The van der Waals surface area contributed by atoms with Crippen molar-refractivity contribution in [3.05, 3.63) is 35.6 Å². The number of amides is 1. The Kier molecular flexibility index (Phi) is 5.48. The van der Waals surface area contributed by atoms with Crippen molar-refractivity contribution in [2.75, 3.05) is 20.1 Å². The zero-order valence-corrected chi connectivity index (χ0v) is 11.9. The molecule has 3 nitrogen and oxygen atoms in total. The Morgan fingerprint density at radius 2 is 2.00 bits per heavy atom. The highest BCUT2D eigenvalue weighted by atomic mass is 19.1. The fourth-order valence-corrected chi connectivity index (χ4v) is 2.08. The van der Waals surface area contributed by atoms with Gasteiger partial charge in [-0.25, -0.2) is 4.39 Å². The smallest absolute Gasteiger partial charge is 0.228 e. The Morgan fingerprint density at radius 1 is 1.37 bits per heavy atom. The molecule has 4 heteroatoms. The van der Waals surface area contributed by atoms with Gasteiger partial charge in [-0.2, -0.15) is 0 Å². The second kappa shape index (κ2) is 6.66. The molecular formula is C15H23FN2O. The fraction of sp³-hybridized carbons (Fsp3) is 0.533. The summed E-state index contributed by atoms with van der Waals surface area (Å²) in [5, 5.41) is 0. The number of benzene rings is 1. The number of rotatable bonds is 6. The minimum atomic E-state index is -0.460. The molecule has 0 atom stereocenters. The molecule has 0 aliphatic rings. The van der Waals surface area contributed by atoms with E-state index >= 15 is 0 Å². The van der Waals surface area contributed by atoms with Crippen LogP contribution in [0, 0.1) is 11.2 Å². The first-order valence-electron chi connectivity index (χ1n) is 6.57. The zero-order valence-electron chi connectivity index (χ0n) is 11.9. The molecule has 1 amide bonds.